The summed E-state index contributed by atoms with van der Waals surface area (Å²) in [6.45, 7) is 4.40. The fourth-order valence-electron chi connectivity index (χ4n) is 0.987. The van der Waals surface area contributed by atoms with E-state index in [1.807, 2.05) is 13.0 Å². The molecule has 0 spiro atoms. The Balaban J connectivity index is 2.34. The van der Waals surface area contributed by atoms with Gasteiger partial charge in [-0.15, -0.1) is 0 Å². The first-order chi connectivity index (χ1) is 5.70. The molecular weight excluding hydrogens is 154 g/mol. The number of furan rings is 1. The number of nitrogens with one attached hydrogen (secondary N) is 1. The number of hydrogen-bond donors (Lipinski definition) is 2. The average molecular weight is 169 g/mol. The fourth-order valence-corrected chi connectivity index (χ4v) is 0.987. The maximum Gasteiger partial charge on any atom is 0.0950 e. The van der Waals surface area contributed by atoms with E-state index in [0.29, 0.717) is 6.54 Å². The molecule has 0 saturated heterocycles. The van der Waals surface area contributed by atoms with Crippen LogP contribution in [0.25, 0.3) is 0 Å². The van der Waals surface area contributed by atoms with Crippen LogP contribution in [-0.2, 0) is 0 Å². The van der Waals surface area contributed by atoms with Gasteiger partial charge in [0.2, 0.25) is 0 Å². The molecule has 1 aromatic rings. The fraction of sp³-hybridized carbons (Fsp3) is 0.556. The van der Waals surface area contributed by atoms with Gasteiger partial charge in [-0.1, -0.05) is 0 Å². The topological polar surface area (TPSA) is 45.4 Å². The molecule has 1 unspecified atom stereocenters. The van der Waals surface area contributed by atoms with E-state index in [1.165, 1.54) is 0 Å². The van der Waals surface area contributed by atoms with Crippen LogP contribution in [0, 0.1) is 0 Å². The molecule has 12 heavy (non-hydrogen) atoms. The molecule has 1 heterocycles. The van der Waals surface area contributed by atoms with Crippen molar-refractivity contribution in [1.82, 2.24) is 5.32 Å². The predicted molar refractivity (Wildman–Crippen MR) is 46.8 cm³/mol. The summed E-state index contributed by atoms with van der Waals surface area (Å²) in [6.07, 6.45) is 3.05. The van der Waals surface area contributed by atoms with Crippen molar-refractivity contribution in [2.24, 2.45) is 0 Å². The lowest BCUT2D eigenvalue weighted by atomic mass is 10.2. The van der Waals surface area contributed by atoms with Gasteiger partial charge < -0.3 is 14.8 Å². The molecule has 0 aromatic carbocycles. The molecule has 0 fully saturated rings. The van der Waals surface area contributed by atoms with Crippen LogP contribution in [0.1, 0.15) is 25.5 Å². The Hall–Kier alpha value is -0.800. The first-order valence-corrected chi connectivity index (χ1v) is 4.13. The smallest absolute Gasteiger partial charge is 0.0950 e. The van der Waals surface area contributed by atoms with Crippen molar-refractivity contribution in [2.45, 2.75) is 26.0 Å². The highest BCUT2D eigenvalue weighted by Gasteiger charge is 2.06. The summed E-state index contributed by atoms with van der Waals surface area (Å²) in [6, 6.07) is 2.15. The van der Waals surface area contributed by atoms with Gasteiger partial charge in [-0.3, -0.25) is 0 Å². The summed E-state index contributed by atoms with van der Waals surface area (Å²) in [5.41, 5.74) is 1.11. The van der Waals surface area contributed by atoms with Crippen LogP contribution >= 0.6 is 0 Å². The molecule has 0 aliphatic rings. The zero-order valence-corrected chi connectivity index (χ0v) is 7.45. The number of rotatable bonds is 4. The quantitative estimate of drug-likeness (QED) is 0.714. The van der Waals surface area contributed by atoms with Crippen LogP contribution in [0.3, 0.4) is 0 Å². The van der Waals surface area contributed by atoms with E-state index in [9.17, 15) is 0 Å². The van der Waals surface area contributed by atoms with Gasteiger partial charge in [-0.25, -0.2) is 0 Å². The minimum absolute atomic E-state index is 0.235. The highest BCUT2D eigenvalue weighted by molar-refractivity contribution is 5.10. The third-order valence-corrected chi connectivity index (χ3v) is 1.76. The number of aliphatic hydroxyl groups excluding tert-OH is 1. The number of aliphatic hydroxyl groups is 1. The van der Waals surface area contributed by atoms with Crippen LogP contribution in [0.5, 0.6) is 0 Å². The van der Waals surface area contributed by atoms with Gasteiger partial charge in [-0.2, -0.15) is 0 Å². The molecule has 0 radical (unpaired) electrons. The predicted octanol–water partition coefficient (Wildman–Crippen LogP) is 1.31. The van der Waals surface area contributed by atoms with Crippen molar-refractivity contribution in [3.05, 3.63) is 24.2 Å². The Labute approximate surface area is 72.4 Å². The molecule has 0 bridgehead atoms. The van der Waals surface area contributed by atoms with Gasteiger partial charge in [0.15, 0.2) is 0 Å². The van der Waals surface area contributed by atoms with E-state index in [2.05, 4.69) is 5.32 Å². The van der Waals surface area contributed by atoms with Crippen molar-refractivity contribution in [1.29, 1.82) is 0 Å². The second-order valence-corrected chi connectivity index (χ2v) is 3.04. The van der Waals surface area contributed by atoms with Gasteiger partial charge in [0, 0.05) is 18.2 Å². The van der Waals surface area contributed by atoms with E-state index in [1.54, 1.807) is 19.5 Å². The second kappa shape index (κ2) is 4.28. The summed E-state index contributed by atoms with van der Waals surface area (Å²) in [5, 5.41) is 12.2. The lowest BCUT2D eigenvalue weighted by molar-refractivity contribution is 0.187. The Kier molecular flexibility index (Phi) is 3.31. The van der Waals surface area contributed by atoms with E-state index in [-0.39, 0.29) is 12.1 Å². The summed E-state index contributed by atoms with van der Waals surface area (Å²) >= 11 is 0. The van der Waals surface area contributed by atoms with E-state index >= 15 is 0 Å². The molecule has 1 rings (SSSR count). The summed E-state index contributed by atoms with van der Waals surface area (Å²) < 4.78 is 4.94. The van der Waals surface area contributed by atoms with Gasteiger partial charge >= 0.3 is 0 Å². The van der Waals surface area contributed by atoms with E-state index < -0.39 is 0 Å². The lowest BCUT2D eigenvalue weighted by Crippen LogP contribution is -2.26. The molecule has 0 aliphatic heterocycles. The Bertz CT molecular complexity index is 206. The third-order valence-electron chi connectivity index (χ3n) is 1.76. The lowest BCUT2D eigenvalue weighted by Gasteiger charge is -2.12. The van der Waals surface area contributed by atoms with Gasteiger partial charge in [-0.05, 0) is 19.9 Å². The van der Waals surface area contributed by atoms with Gasteiger partial charge in [0.05, 0.1) is 18.6 Å². The Morgan fingerprint density at radius 1 is 1.58 bits per heavy atom. The SMILES string of the molecule is CC(NC[C@@H](C)O)c1ccoc1. The van der Waals surface area contributed by atoms with Crippen molar-refractivity contribution >= 4 is 0 Å². The molecule has 0 amide bonds. The first-order valence-electron chi connectivity index (χ1n) is 4.13. The Morgan fingerprint density at radius 3 is 2.83 bits per heavy atom. The van der Waals surface area contributed by atoms with Gasteiger partial charge in [0.1, 0.15) is 0 Å². The third kappa shape index (κ3) is 2.68. The van der Waals surface area contributed by atoms with Crippen molar-refractivity contribution in [3.8, 4) is 0 Å². The average Bonchev–Trinajstić information content (AvgIpc) is 2.51. The molecule has 68 valence electrons. The molecule has 0 aliphatic carbocycles. The molecule has 3 nitrogen and oxygen atoms in total. The van der Waals surface area contributed by atoms with Crippen LogP contribution < -0.4 is 5.32 Å². The van der Waals surface area contributed by atoms with Crippen LogP contribution in [-0.4, -0.2) is 17.8 Å². The van der Waals surface area contributed by atoms with Crippen molar-refractivity contribution in [2.75, 3.05) is 6.54 Å². The molecule has 2 N–H and O–H groups in total. The minimum Gasteiger partial charge on any atom is -0.472 e. The highest BCUT2D eigenvalue weighted by Crippen LogP contribution is 2.11. The highest BCUT2D eigenvalue weighted by atomic mass is 16.3. The molecule has 1 aromatic heterocycles. The Morgan fingerprint density at radius 2 is 2.33 bits per heavy atom. The van der Waals surface area contributed by atoms with Crippen LogP contribution in [0.4, 0.5) is 0 Å². The van der Waals surface area contributed by atoms with Gasteiger partial charge in [0.25, 0.3) is 0 Å². The molecular formula is C9H15NO2. The first kappa shape index (κ1) is 9.29. The maximum atomic E-state index is 9.01. The second-order valence-electron chi connectivity index (χ2n) is 3.04. The zero-order chi connectivity index (χ0) is 8.97. The van der Waals surface area contributed by atoms with E-state index in [4.69, 9.17) is 9.52 Å². The van der Waals surface area contributed by atoms with Crippen molar-refractivity contribution < 1.29 is 9.52 Å². The number of hydrogen-bond acceptors (Lipinski definition) is 3. The minimum atomic E-state index is -0.306. The maximum absolute atomic E-state index is 9.01. The molecule has 2 atom stereocenters. The summed E-state index contributed by atoms with van der Waals surface area (Å²) in [5.74, 6) is 0. The monoisotopic (exact) mass is 169 g/mol. The molecule has 0 saturated carbocycles. The van der Waals surface area contributed by atoms with Crippen LogP contribution in [0.2, 0.25) is 0 Å². The van der Waals surface area contributed by atoms with E-state index in [0.717, 1.165) is 5.56 Å². The van der Waals surface area contributed by atoms with Crippen molar-refractivity contribution in [3.63, 3.8) is 0 Å². The summed E-state index contributed by atoms with van der Waals surface area (Å²) in [7, 11) is 0. The molecule has 3 heteroatoms. The standard InChI is InChI=1S/C9H15NO2/c1-7(11)5-10-8(2)9-3-4-12-6-9/h3-4,6-8,10-11H,5H2,1-2H3/t7-,8?/m1/s1. The summed E-state index contributed by atoms with van der Waals surface area (Å²) in [4.78, 5) is 0. The normalized spacial score (nSPS) is 15.9. The zero-order valence-electron chi connectivity index (χ0n) is 7.45. The van der Waals surface area contributed by atoms with Crippen LogP contribution in [0.15, 0.2) is 23.0 Å². The largest absolute Gasteiger partial charge is 0.472 e.